The van der Waals surface area contributed by atoms with Crippen molar-refractivity contribution < 1.29 is 5.11 Å². The average Bonchev–Trinajstić information content (AvgIpc) is 2.65. The predicted octanol–water partition coefficient (Wildman–Crippen LogP) is 1.91. The summed E-state index contributed by atoms with van der Waals surface area (Å²) in [5, 5.41) is 12.1. The van der Waals surface area contributed by atoms with E-state index in [1.165, 1.54) is 0 Å². The number of hydrogen-bond acceptors (Lipinski definition) is 4. The zero-order valence-electron chi connectivity index (χ0n) is 8.97. The van der Waals surface area contributed by atoms with Gasteiger partial charge < -0.3 is 5.11 Å². The van der Waals surface area contributed by atoms with Crippen LogP contribution in [0.25, 0.3) is 0 Å². The van der Waals surface area contributed by atoms with Crippen LogP contribution in [0, 0.1) is 0 Å². The first kappa shape index (κ1) is 11.6. The van der Waals surface area contributed by atoms with Crippen LogP contribution < -0.4 is 0 Å². The molecule has 1 N–H and O–H groups in total. The Labute approximate surface area is 89.4 Å². The maximum absolute atomic E-state index is 8.97. The van der Waals surface area contributed by atoms with Crippen LogP contribution in [-0.4, -0.2) is 34.2 Å². The number of rotatable bonds is 5. The second-order valence-corrected chi connectivity index (χ2v) is 4.53. The normalized spacial score (nSPS) is 13.9. The van der Waals surface area contributed by atoms with Gasteiger partial charge in [-0.1, -0.05) is 0 Å². The summed E-state index contributed by atoms with van der Waals surface area (Å²) in [4.78, 5) is 6.55. The van der Waals surface area contributed by atoms with Crippen LogP contribution in [0.5, 0.6) is 0 Å². The molecular weight excluding hydrogens is 196 g/mol. The third kappa shape index (κ3) is 2.77. The topological polar surface area (TPSA) is 36.4 Å². The van der Waals surface area contributed by atoms with E-state index in [2.05, 4.69) is 30.7 Å². The van der Waals surface area contributed by atoms with Crippen molar-refractivity contribution in [1.82, 2.24) is 9.88 Å². The molecule has 0 fully saturated rings. The molecule has 0 spiro atoms. The van der Waals surface area contributed by atoms with Gasteiger partial charge in [0.15, 0.2) is 0 Å². The Kier molecular flexibility index (Phi) is 4.51. The largest absolute Gasteiger partial charge is 0.395 e. The van der Waals surface area contributed by atoms with E-state index in [1.807, 2.05) is 11.6 Å². The number of nitrogens with zero attached hydrogens (tertiary/aromatic N) is 2. The average molecular weight is 214 g/mol. The summed E-state index contributed by atoms with van der Waals surface area (Å²) in [6, 6.07) is 0.725. The molecule has 1 aromatic heterocycles. The quantitative estimate of drug-likeness (QED) is 0.813. The van der Waals surface area contributed by atoms with Crippen LogP contribution in [0.3, 0.4) is 0 Å². The van der Waals surface area contributed by atoms with E-state index < -0.39 is 0 Å². The van der Waals surface area contributed by atoms with Gasteiger partial charge in [0.1, 0.15) is 5.01 Å². The zero-order chi connectivity index (χ0) is 10.6. The van der Waals surface area contributed by atoms with Gasteiger partial charge in [0, 0.05) is 24.2 Å². The van der Waals surface area contributed by atoms with Gasteiger partial charge in [0.2, 0.25) is 0 Å². The molecule has 1 rings (SSSR count). The highest BCUT2D eigenvalue weighted by atomic mass is 32.1. The smallest absolute Gasteiger partial charge is 0.109 e. The van der Waals surface area contributed by atoms with Gasteiger partial charge in [-0.15, -0.1) is 11.3 Å². The molecule has 0 aliphatic rings. The molecule has 0 saturated heterocycles. The van der Waals surface area contributed by atoms with E-state index in [0.29, 0.717) is 18.6 Å². The molecule has 0 unspecified atom stereocenters. The molecule has 0 aliphatic heterocycles. The molecule has 0 amide bonds. The second kappa shape index (κ2) is 5.44. The fraction of sp³-hybridized carbons (Fsp3) is 0.700. The van der Waals surface area contributed by atoms with Gasteiger partial charge in [-0.2, -0.15) is 0 Å². The number of aliphatic hydroxyl groups excluding tert-OH is 1. The third-order valence-corrected chi connectivity index (χ3v) is 3.27. The van der Waals surface area contributed by atoms with Gasteiger partial charge >= 0.3 is 0 Å². The first-order valence-corrected chi connectivity index (χ1v) is 5.80. The van der Waals surface area contributed by atoms with Crippen molar-refractivity contribution in [3.8, 4) is 0 Å². The van der Waals surface area contributed by atoms with E-state index in [-0.39, 0.29) is 6.61 Å². The predicted molar refractivity (Wildman–Crippen MR) is 59.5 cm³/mol. The molecule has 1 aromatic rings. The molecule has 3 nitrogen and oxygen atoms in total. The molecule has 80 valence electrons. The fourth-order valence-corrected chi connectivity index (χ4v) is 2.31. The van der Waals surface area contributed by atoms with Crippen LogP contribution in [0.1, 0.15) is 31.8 Å². The van der Waals surface area contributed by atoms with Crippen molar-refractivity contribution in [3.63, 3.8) is 0 Å². The maximum Gasteiger partial charge on any atom is 0.109 e. The van der Waals surface area contributed by atoms with Gasteiger partial charge in [0.25, 0.3) is 0 Å². The van der Waals surface area contributed by atoms with Crippen LogP contribution >= 0.6 is 11.3 Å². The van der Waals surface area contributed by atoms with Crippen LogP contribution in [0.4, 0.5) is 0 Å². The third-order valence-electron chi connectivity index (χ3n) is 2.33. The Balaban J connectivity index is 2.68. The van der Waals surface area contributed by atoms with Crippen molar-refractivity contribution >= 4 is 11.3 Å². The highest BCUT2D eigenvalue weighted by Gasteiger charge is 2.19. The highest BCUT2D eigenvalue weighted by Crippen LogP contribution is 2.23. The van der Waals surface area contributed by atoms with E-state index in [4.69, 9.17) is 5.11 Å². The minimum atomic E-state index is 0.202. The molecule has 1 atom stereocenters. The molecule has 0 aliphatic carbocycles. The minimum absolute atomic E-state index is 0.202. The van der Waals surface area contributed by atoms with E-state index in [1.54, 1.807) is 11.3 Å². The maximum atomic E-state index is 8.97. The lowest BCUT2D eigenvalue weighted by molar-refractivity contribution is 0.126. The van der Waals surface area contributed by atoms with Crippen LogP contribution in [-0.2, 0) is 0 Å². The highest BCUT2D eigenvalue weighted by molar-refractivity contribution is 7.09. The summed E-state index contributed by atoms with van der Waals surface area (Å²) in [6.07, 6.45) is 1.83. The van der Waals surface area contributed by atoms with Gasteiger partial charge in [-0.25, -0.2) is 4.98 Å². The van der Waals surface area contributed by atoms with Crippen molar-refractivity contribution in [3.05, 3.63) is 16.6 Å². The van der Waals surface area contributed by atoms with Crippen molar-refractivity contribution in [2.45, 2.75) is 32.9 Å². The summed E-state index contributed by atoms with van der Waals surface area (Å²) in [7, 11) is 0. The summed E-state index contributed by atoms with van der Waals surface area (Å²) >= 11 is 1.67. The fourth-order valence-electron chi connectivity index (χ4n) is 1.60. The van der Waals surface area contributed by atoms with E-state index in [0.717, 1.165) is 5.01 Å². The van der Waals surface area contributed by atoms with Crippen molar-refractivity contribution in [2.24, 2.45) is 0 Å². The molecule has 14 heavy (non-hydrogen) atoms. The number of aromatic nitrogens is 1. The van der Waals surface area contributed by atoms with E-state index in [9.17, 15) is 0 Å². The lowest BCUT2D eigenvalue weighted by Crippen LogP contribution is -2.35. The minimum Gasteiger partial charge on any atom is -0.395 e. The van der Waals surface area contributed by atoms with Gasteiger partial charge in [-0.3, -0.25) is 4.90 Å². The monoisotopic (exact) mass is 214 g/mol. The molecule has 0 aromatic carbocycles. The first-order chi connectivity index (χ1) is 6.66. The van der Waals surface area contributed by atoms with Crippen molar-refractivity contribution in [2.75, 3.05) is 13.2 Å². The summed E-state index contributed by atoms with van der Waals surface area (Å²) in [5.41, 5.74) is 0. The molecular formula is C10H18N2OS. The number of hydrogen-bond donors (Lipinski definition) is 1. The number of aliphatic hydroxyl groups is 1. The standard InChI is InChI=1S/C10H18N2OS/c1-8(2)12(5-6-13)9(3)10-11-4-7-14-10/h4,7-9,13H,5-6H2,1-3H3/t9-/m0/s1. The summed E-state index contributed by atoms with van der Waals surface area (Å²) in [5.74, 6) is 0. The Hall–Kier alpha value is -0.450. The second-order valence-electron chi connectivity index (χ2n) is 3.60. The lowest BCUT2D eigenvalue weighted by atomic mass is 10.2. The Morgan fingerprint density at radius 1 is 1.50 bits per heavy atom. The molecule has 0 radical (unpaired) electrons. The Morgan fingerprint density at radius 3 is 2.64 bits per heavy atom. The molecule has 0 bridgehead atoms. The lowest BCUT2D eigenvalue weighted by Gasteiger charge is -2.30. The Morgan fingerprint density at radius 2 is 2.21 bits per heavy atom. The summed E-state index contributed by atoms with van der Waals surface area (Å²) < 4.78 is 0. The zero-order valence-corrected chi connectivity index (χ0v) is 9.79. The molecule has 4 heteroatoms. The van der Waals surface area contributed by atoms with Gasteiger partial charge in [0.05, 0.1) is 12.6 Å². The first-order valence-electron chi connectivity index (χ1n) is 4.92. The molecule has 0 saturated carbocycles. The molecule has 1 heterocycles. The van der Waals surface area contributed by atoms with Crippen LogP contribution in [0.15, 0.2) is 11.6 Å². The van der Waals surface area contributed by atoms with Crippen molar-refractivity contribution in [1.29, 1.82) is 0 Å². The van der Waals surface area contributed by atoms with Gasteiger partial charge in [-0.05, 0) is 20.8 Å². The Bertz CT molecular complexity index is 249. The summed E-state index contributed by atoms with van der Waals surface area (Å²) in [6.45, 7) is 7.32. The van der Waals surface area contributed by atoms with Crippen LogP contribution in [0.2, 0.25) is 0 Å². The van der Waals surface area contributed by atoms with E-state index >= 15 is 0 Å². The SMILES string of the molecule is CC(C)N(CCO)[C@@H](C)c1nccs1. The number of thiazole rings is 1.